The summed E-state index contributed by atoms with van der Waals surface area (Å²) >= 11 is 0. The van der Waals surface area contributed by atoms with Crippen LogP contribution in [0.15, 0.2) is 60.7 Å². The maximum Gasteiger partial charge on any atom is 0.416 e. The van der Waals surface area contributed by atoms with Crippen molar-refractivity contribution in [1.29, 1.82) is 0 Å². The van der Waals surface area contributed by atoms with Gasteiger partial charge in [0.05, 0.1) is 18.1 Å². The number of carbonyl (C=O) groups is 1. The predicted octanol–water partition coefficient (Wildman–Crippen LogP) is 7.94. The van der Waals surface area contributed by atoms with Crippen LogP contribution in [0.1, 0.15) is 37.3 Å². The molecule has 3 nitrogen and oxygen atoms in total. The summed E-state index contributed by atoms with van der Waals surface area (Å²) in [6.07, 6.45) is -4.11. The molecule has 1 N–H and O–H groups in total. The Hall–Kier alpha value is -3.66. The van der Waals surface area contributed by atoms with Crippen LogP contribution in [0.2, 0.25) is 0 Å². The third-order valence-corrected chi connectivity index (χ3v) is 5.31. The molecule has 170 valence electrons. The van der Waals surface area contributed by atoms with E-state index < -0.39 is 29.4 Å². The van der Waals surface area contributed by atoms with Crippen LogP contribution < -0.4 is 0 Å². The second-order valence-corrected chi connectivity index (χ2v) is 8.22. The molecule has 0 heterocycles. The summed E-state index contributed by atoms with van der Waals surface area (Å²) in [4.78, 5) is 15.2. The first-order chi connectivity index (χ1) is 15.5. The van der Waals surface area contributed by atoms with Gasteiger partial charge in [-0.25, -0.2) is 9.24 Å². The zero-order chi connectivity index (χ0) is 24.3. The second kappa shape index (κ2) is 9.45. The molecule has 0 saturated carbocycles. The van der Waals surface area contributed by atoms with Crippen molar-refractivity contribution >= 4 is 11.7 Å². The first-order valence-electron chi connectivity index (χ1n) is 10.2. The highest BCUT2D eigenvalue weighted by Crippen LogP contribution is 2.36. The van der Waals surface area contributed by atoms with Crippen molar-refractivity contribution in [3.05, 3.63) is 89.0 Å². The molecule has 1 unspecified atom stereocenters. The monoisotopic (exact) mass is 455 g/mol. The van der Waals surface area contributed by atoms with E-state index in [1.807, 2.05) is 13.8 Å². The van der Waals surface area contributed by atoms with Gasteiger partial charge in [-0.1, -0.05) is 44.2 Å². The van der Waals surface area contributed by atoms with E-state index in [0.717, 1.165) is 18.2 Å². The van der Waals surface area contributed by atoms with Gasteiger partial charge in [-0.15, -0.1) is 0 Å². The number of carboxylic acid groups (broad SMARTS) is 1. The van der Waals surface area contributed by atoms with Gasteiger partial charge in [-0.2, -0.15) is 13.2 Å². The van der Waals surface area contributed by atoms with Crippen molar-refractivity contribution < 1.29 is 27.5 Å². The Balaban J connectivity index is 2.20. The molecule has 0 aliphatic carbocycles. The van der Waals surface area contributed by atoms with E-state index in [9.17, 15) is 27.5 Å². The van der Waals surface area contributed by atoms with Gasteiger partial charge in [-0.05, 0) is 70.5 Å². The summed E-state index contributed by atoms with van der Waals surface area (Å²) in [5.74, 6) is -2.43. The largest absolute Gasteiger partial charge is 0.481 e. The molecular weight excluding hydrogens is 434 g/mol. The molecule has 0 fully saturated rings. The second-order valence-electron chi connectivity index (χ2n) is 8.22. The van der Waals surface area contributed by atoms with Crippen LogP contribution in [0.25, 0.3) is 27.1 Å². The van der Waals surface area contributed by atoms with Crippen LogP contribution in [0.5, 0.6) is 0 Å². The molecule has 7 heteroatoms. The first-order valence-corrected chi connectivity index (χ1v) is 10.2. The number of benzene rings is 3. The third kappa shape index (κ3) is 5.58. The number of halogens is 4. The molecule has 0 aliphatic heterocycles. The van der Waals surface area contributed by atoms with E-state index in [4.69, 9.17) is 6.57 Å². The minimum atomic E-state index is -4.47. The van der Waals surface area contributed by atoms with E-state index in [0.29, 0.717) is 34.2 Å². The van der Waals surface area contributed by atoms with Crippen LogP contribution in [0, 0.1) is 18.3 Å². The Kier molecular flexibility index (Phi) is 6.87. The lowest BCUT2D eigenvalue weighted by Gasteiger charge is -2.18. The fraction of sp³-hybridized carbons (Fsp3) is 0.231. The van der Waals surface area contributed by atoms with Gasteiger partial charge in [0.15, 0.2) is 0 Å². The molecular formula is C26H21F4NO2. The number of nitrogens with zero attached hydrogens (tertiary/aromatic N) is 1. The van der Waals surface area contributed by atoms with Crippen molar-refractivity contribution in [2.45, 2.75) is 32.4 Å². The van der Waals surface area contributed by atoms with E-state index in [2.05, 4.69) is 4.85 Å². The molecule has 3 aromatic carbocycles. The average molecular weight is 455 g/mol. The molecule has 0 amide bonds. The normalized spacial score (nSPS) is 12.4. The number of hydrogen-bond acceptors (Lipinski definition) is 1. The maximum absolute atomic E-state index is 13.8. The highest BCUT2D eigenvalue weighted by atomic mass is 19.4. The maximum atomic E-state index is 13.8. The van der Waals surface area contributed by atoms with Gasteiger partial charge < -0.3 is 5.11 Å². The molecule has 0 spiro atoms. The van der Waals surface area contributed by atoms with E-state index in [1.54, 1.807) is 18.2 Å². The van der Waals surface area contributed by atoms with Gasteiger partial charge in [0.25, 0.3) is 0 Å². The zero-order valence-corrected chi connectivity index (χ0v) is 17.9. The molecule has 0 aliphatic rings. The van der Waals surface area contributed by atoms with Crippen LogP contribution >= 0.6 is 0 Å². The van der Waals surface area contributed by atoms with Crippen molar-refractivity contribution in [3.8, 4) is 22.3 Å². The van der Waals surface area contributed by atoms with Gasteiger partial charge in [0.2, 0.25) is 5.69 Å². The Morgan fingerprint density at radius 3 is 2.03 bits per heavy atom. The van der Waals surface area contributed by atoms with Crippen molar-refractivity contribution in [2.24, 2.45) is 5.92 Å². The lowest BCUT2D eigenvalue weighted by molar-refractivity contribution is -0.139. The van der Waals surface area contributed by atoms with Gasteiger partial charge in [0, 0.05) is 0 Å². The van der Waals surface area contributed by atoms with Crippen LogP contribution in [0.3, 0.4) is 0 Å². The fourth-order valence-electron chi connectivity index (χ4n) is 3.67. The summed E-state index contributed by atoms with van der Waals surface area (Å²) in [6, 6.07) is 13.7. The number of alkyl halides is 3. The zero-order valence-electron chi connectivity index (χ0n) is 17.9. The van der Waals surface area contributed by atoms with E-state index >= 15 is 0 Å². The predicted molar refractivity (Wildman–Crippen MR) is 118 cm³/mol. The lowest BCUT2D eigenvalue weighted by atomic mass is 9.86. The minimum Gasteiger partial charge on any atom is -0.481 e. The summed E-state index contributed by atoms with van der Waals surface area (Å²) < 4.78 is 52.8. The number of carboxylic acids is 1. The minimum absolute atomic E-state index is 0.0869. The summed E-state index contributed by atoms with van der Waals surface area (Å²) in [7, 11) is 0. The van der Waals surface area contributed by atoms with Gasteiger partial charge in [-0.3, -0.25) is 4.79 Å². The molecule has 3 rings (SSSR count). The average Bonchev–Trinajstić information content (AvgIpc) is 2.76. The Morgan fingerprint density at radius 2 is 1.52 bits per heavy atom. The highest BCUT2D eigenvalue weighted by molar-refractivity contribution is 5.81. The molecule has 0 bridgehead atoms. The lowest BCUT2D eigenvalue weighted by Crippen LogP contribution is -2.14. The highest BCUT2D eigenvalue weighted by Gasteiger charge is 2.30. The van der Waals surface area contributed by atoms with Gasteiger partial charge in [0.1, 0.15) is 5.82 Å². The van der Waals surface area contributed by atoms with Gasteiger partial charge >= 0.3 is 12.1 Å². The van der Waals surface area contributed by atoms with E-state index in [1.165, 1.54) is 24.3 Å². The Bertz CT molecular complexity index is 1210. The first kappa shape index (κ1) is 24.0. The summed E-state index contributed by atoms with van der Waals surface area (Å²) in [6.45, 7) is 11.0. The summed E-state index contributed by atoms with van der Waals surface area (Å²) in [5.41, 5.74) is 1.58. The standard InChI is InChI=1S/C26H21F4NO2/c1-15(2)10-22(25(32)33)20-12-18(16-4-7-21(8-5-16)26(28,29)30)11-19(13-20)17-6-9-23(27)24(14-17)31-3/h4-9,11-15,22H,10H2,1-2H3,(H,32,33). The van der Waals surface area contributed by atoms with Crippen molar-refractivity contribution in [3.63, 3.8) is 0 Å². The smallest absolute Gasteiger partial charge is 0.416 e. The number of hydrogen-bond donors (Lipinski definition) is 1. The summed E-state index contributed by atoms with van der Waals surface area (Å²) in [5, 5.41) is 9.83. The number of rotatable bonds is 6. The molecule has 0 saturated heterocycles. The van der Waals surface area contributed by atoms with Crippen molar-refractivity contribution in [2.75, 3.05) is 0 Å². The fourth-order valence-corrected chi connectivity index (χ4v) is 3.67. The SMILES string of the molecule is [C-]#[N+]c1cc(-c2cc(-c3ccc(C(F)(F)F)cc3)cc(C(CC(C)C)C(=O)O)c2)ccc1F. The molecule has 1 atom stereocenters. The van der Waals surface area contributed by atoms with Crippen LogP contribution in [-0.4, -0.2) is 11.1 Å². The Morgan fingerprint density at radius 1 is 0.939 bits per heavy atom. The molecule has 0 aromatic heterocycles. The van der Waals surface area contributed by atoms with Crippen LogP contribution in [-0.2, 0) is 11.0 Å². The molecule has 3 aromatic rings. The van der Waals surface area contributed by atoms with Crippen LogP contribution in [0.4, 0.5) is 23.2 Å². The van der Waals surface area contributed by atoms with E-state index in [-0.39, 0.29) is 11.6 Å². The van der Waals surface area contributed by atoms with Crippen molar-refractivity contribution in [1.82, 2.24) is 0 Å². The third-order valence-electron chi connectivity index (χ3n) is 5.31. The topological polar surface area (TPSA) is 41.7 Å². The quantitative estimate of drug-likeness (QED) is 0.303. The Labute approximate surface area is 189 Å². The number of aliphatic carboxylic acids is 1. The molecule has 33 heavy (non-hydrogen) atoms. The molecule has 0 radical (unpaired) electrons.